The van der Waals surface area contributed by atoms with Gasteiger partial charge in [-0.05, 0) is 47.4 Å². The summed E-state index contributed by atoms with van der Waals surface area (Å²) in [6.45, 7) is 2.66. The van der Waals surface area contributed by atoms with E-state index >= 15 is 0 Å². The molecule has 1 N–H and O–H groups in total. The summed E-state index contributed by atoms with van der Waals surface area (Å²) in [5, 5.41) is 4.29. The molecule has 1 atom stereocenters. The van der Waals surface area contributed by atoms with Gasteiger partial charge >= 0.3 is 0 Å². The second-order valence-electron chi connectivity index (χ2n) is 7.95. The molecule has 172 valence electrons. The standard InChI is InChI=1S/C27H28Cl2N2O2/c1-2-6-26(32)31(19-22-11-15-24(29)16-12-22)25(17-20-7-4-3-5-8-20)27(33)30-18-21-9-13-23(28)14-10-21/h3-5,7-16,25H,2,6,17-19H2,1H3,(H,30,33)/t25-/m1/s1. The van der Waals surface area contributed by atoms with Gasteiger partial charge in [-0.15, -0.1) is 0 Å². The zero-order valence-electron chi connectivity index (χ0n) is 18.6. The third-order valence-electron chi connectivity index (χ3n) is 5.38. The van der Waals surface area contributed by atoms with Crippen molar-refractivity contribution in [3.8, 4) is 0 Å². The van der Waals surface area contributed by atoms with Gasteiger partial charge in [-0.1, -0.05) is 84.7 Å². The third kappa shape index (κ3) is 7.62. The van der Waals surface area contributed by atoms with Crippen molar-refractivity contribution in [2.24, 2.45) is 0 Å². The van der Waals surface area contributed by atoms with E-state index in [1.807, 2.05) is 61.5 Å². The number of nitrogens with one attached hydrogen (secondary N) is 1. The Kier molecular flexibility index (Phi) is 9.35. The molecule has 4 nitrogen and oxygen atoms in total. The van der Waals surface area contributed by atoms with Gasteiger partial charge in [0.25, 0.3) is 0 Å². The number of hydrogen-bond acceptors (Lipinski definition) is 2. The SMILES string of the molecule is CCCC(=O)N(Cc1ccc(Cl)cc1)[C@H](Cc1ccccc1)C(=O)NCc1ccc(Cl)cc1. The number of halogens is 2. The first-order valence-corrected chi connectivity index (χ1v) is 11.8. The van der Waals surface area contributed by atoms with Crippen molar-refractivity contribution in [1.29, 1.82) is 0 Å². The largest absolute Gasteiger partial charge is 0.350 e. The molecule has 0 heterocycles. The minimum Gasteiger partial charge on any atom is -0.350 e. The molecule has 3 aromatic rings. The van der Waals surface area contributed by atoms with Crippen LogP contribution in [0.4, 0.5) is 0 Å². The van der Waals surface area contributed by atoms with E-state index in [-0.39, 0.29) is 11.8 Å². The number of rotatable bonds is 10. The van der Waals surface area contributed by atoms with Crippen LogP contribution in [0.15, 0.2) is 78.9 Å². The average molecular weight is 483 g/mol. The van der Waals surface area contributed by atoms with Crippen molar-refractivity contribution in [2.45, 2.75) is 45.3 Å². The van der Waals surface area contributed by atoms with Crippen molar-refractivity contribution in [1.82, 2.24) is 10.2 Å². The lowest BCUT2D eigenvalue weighted by atomic mass is 10.0. The summed E-state index contributed by atoms with van der Waals surface area (Å²) >= 11 is 12.0. The van der Waals surface area contributed by atoms with Gasteiger partial charge in [-0.3, -0.25) is 9.59 Å². The lowest BCUT2D eigenvalue weighted by Crippen LogP contribution is -2.50. The van der Waals surface area contributed by atoms with E-state index in [0.717, 1.165) is 16.7 Å². The van der Waals surface area contributed by atoms with Crippen LogP contribution in [0.25, 0.3) is 0 Å². The van der Waals surface area contributed by atoms with Gasteiger partial charge in [-0.25, -0.2) is 0 Å². The van der Waals surface area contributed by atoms with Crippen LogP contribution in [0.3, 0.4) is 0 Å². The van der Waals surface area contributed by atoms with Crippen LogP contribution in [-0.4, -0.2) is 22.8 Å². The minimum atomic E-state index is -0.644. The Morgan fingerprint density at radius 2 is 1.39 bits per heavy atom. The molecule has 0 bridgehead atoms. The van der Waals surface area contributed by atoms with Crippen LogP contribution in [0, 0.1) is 0 Å². The monoisotopic (exact) mass is 482 g/mol. The van der Waals surface area contributed by atoms with Crippen molar-refractivity contribution in [3.05, 3.63) is 106 Å². The number of hydrogen-bond donors (Lipinski definition) is 1. The highest BCUT2D eigenvalue weighted by Crippen LogP contribution is 2.18. The summed E-state index contributed by atoms with van der Waals surface area (Å²) in [6, 6.07) is 23.8. The maximum atomic E-state index is 13.4. The van der Waals surface area contributed by atoms with E-state index in [0.29, 0.717) is 42.4 Å². The van der Waals surface area contributed by atoms with Gasteiger partial charge in [0, 0.05) is 36.0 Å². The highest BCUT2D eigenvalue weighted by atomic mass is 35.5. The Labute approximate surface area is 205 Å². The number of benzene rings is 3. The maximum absolute atomic E-state index is 13.4. The molecule has 0 fully saturated rings. The Morgan fingerprint density at radius 3 is 1.97 bits per heavy atom. The Bertz CT molecular complexity index is 1040. The smallest absolute Gasteiger partial charge is 0.243 e. The summed E-state index contributed by atoms with van der Waals surface area (Å²) in [5.74, 6) is -0.234. The molecule has 0 saturated heterocycles. The van der Waals surface area contributed by atoms with Crippen LogP contribution in [0.5, 0.6) is 0 Å². The summed E-state index contributed by atoms with van der Waals surface area (Å²) < 4.78 is 0. The molecule has 3 aromatic carbocycles. The molecule has 0 aliphatic carbocycles. The summed E-state index contributed by atoms with van der Waals surface area (Å²) in [6.07, 6.45) is 1.51. The van der Waals surface area contributed by atoms with Crippen molar-refractivity contribution in [2.75, 3.05) is 0 Å². The predicted molar refractivity (Wildman–Crippen MR) is 134 cm³/mol. The Hall–Kier alpha value is -2.82. The van der Waals surface area contributed by atoms with Crippen molar-refractivity contribution < 1.29 is 9.59 Å². The van der Waals surface area contributed by atoms with Crippen molar-refractivity contribution in [3.63, 3.8) is 0 Å². The summed E-state index contributed by atoms with van der Waals surface area (Å²) in [7, 11) is 0. The fraction of sp³-hybridized carbons (Fsp3) is 0.259. The maximum Gasteiger partial charge on any atom is 0.243 e. The molecule has 0 radical (unpaired) electrons. The summed E-state index contributed by atoms with van der Waals surface area (Å²) in [4.78, 5) is 28.3. The van der Waals surface area contributed by atoms with E-state index in [1.165, 1.54) is 0 Å². The first-order valence-electron chi connectivity index (χ1n) is 11.1. The van der Waals surface area contributed by atoms with E-state index < -0.39 is 6.04 Å². The highest BCUT2D eigenvalue weighted by molar-refractivity contribution is 6.30. The van der Waals surface area contributed by atoms with Crippen LogP contribution >= 0.6 is 23.2 Å². The lowest BCUT2D eigenvalue weighted by Gasteiger charge is -2.31. The predicted octanol–water partition coefficient (Wildman–Crippen LogP) is 6.05. The van der Waals surface area contributed by atoms with Crippen LogP contribution in [-0.2, 0) is 29.1 Å². The van der Waals surface area contributed by atoms with E-state index in [2.05, 4.69) is 5.32 Å². The van der Waals surface area contributed by atoms with Crippen molar-refractivity contribution >= 4 is 35.0 Å². The number of carbonyl (C=O) groups is 2. The van der Waals surface area contributed by atoms with E-state index in [1.54, 1.807) is 29.2 Å². The Balaban J connectivity index is 1.86. The molecule has 0 aliphatic heterocycles. The molecule has 0 aromatic heterocycles. The molecular weight excluding hydrogens is 455 g/mol. The van der Waals surface area contributed by atoms with Gasteiger partial charge < -0.3 is 10.2 Å². The lowest BCUT2D eigenvalue weighted by molar-refractivity contribution is -0.141. The molecule has 0 aliphatic rings. The topological polar surface area (TPSA) is 49.4 Å². The van der Waals surface area contributed by atoms with Gasteiger partial charge in [0.05, 0.1) is 0 Å². The van der Waals surface area contributed by atoms with Crippen LogP contribution in [0.2, 0.25) is 10.0 Å². The molecular formula is C27H28Cl2N2O2. The van der Waals surface area contributed by atoms with Gasteiger partial charge in [0.1, 0.15) is 6.04 Å². The average Bonchev–Trinajstić information content (AvgIpc) is 2.82. The number of carbonyl (C=O) groups excluding carboxylic acids is 2. The zero-order valence-corrected chi connectivity index (χ0v) is 20.1. The summed E-state index contributed by atoms with van der Waals surface area (Å²) in [5.41, 5.74) is 2.86. The van der Waals surface area contributed by atoms with E-state index in [9.17, 15) is 9.59 Å². The first-order chi connectivity index (χ1) is 16.0. The fourth-order valence-electron chi connectivity index (χ4n) is 3.61. The molecule has 0 saturated carbocycles. The van der Waals surface area contributed by atoms with Crippen LogP contribution in [0.1, 0.15) is 36.5 Å². The molecule has 33 heavy (non-hydrogen) atoms. The van der Waals surface area contributed by atoms with Crippen LogP contribution < -0.4 is 5.32 Å². The van der Waals surface area contributed by atoms with E-state index in [4.69, 9.17) is 23.2 Å². The first kappa shape index (κ1) is 24.8. The molecule has 0 unspecified atom stereocenters. The normalized spacial score (nSPS) is 11.6. The third-order valence-corrected chi connectivity index (χ3v) is 5.89. The zero-order chi connectivity index (χ0) is 23.6. The molecule has 2 amide bonds. The second-order valence-corrected chi connectivity index (χ2v) is 8.82. The fourth-order valence-corrected chi connectivity index (χ4v) is 3.86. The number of amides is 2. The Morgan fingerprint density at radius 1 is 0.818 bits per heavy atom. The van der Waals surface area contributed by atoms with Gasteiger partial charge in [0.2, 0.25) is 11.8 Å². The highest BCUT2D eigenvalue weighted by Gasteiger charge is 2.29. The molecule has 3 rings (SSSR count). The second kappa shape index (κ2) is 12.4. The number of nitrogens with zero attached hydrogens (tertiary/aromatic N) is 1. The molecule has 0 spiro atoms. The quantitative estimate of drug-likeness (QED) is 0.382. The van der Waals surface area contributed by atoms with Gasteiger partial charge in [0.15, 0.2) is 0 Å². The van der Waals surface area contributed by atoms with Gasteiger partial charge in [-0.2, -0.15) is 0 Å². The molecule has 6 heteroatoms. The minimum absolute atomic E-state index is 0.0463.